The third-order valence-electron chi connectivity index (χ3n) is 4.12. The Kier molecular flexibility index (Phi) is 6.50. The van der Waals surface area contributed by atoms with E-state index in [2.05, 4.69) is 15.3 Å². The van der Waals surface area contributed by atoms with Crippen molar-refractivity contribution in [3.8, 4) is 34.4 Å². The number of nitrogens with one attached hydrogen (secondary N) is 1. The Morgan fingerprint density at radius 2 is 1.69 bits per heavy atom. The Bertz CT molecular complexity index is 1060. The molecule has 1 aromatic heterocycles. The molecule has 152 valence electrons. The lowest BCUT2D eigenvalue weighted by molar-refractivity contribution is 0.340. The maximum atomic E-state index is 5.48. The van der Waals surface area contributed by atoms with Crippen LogP contribution in [0.1, 0.15) is 12.5 Å². The van der Waals surface area contributed by atoms with Crippen molar-refractivity contribution in [3.63, 3.8) is 0 Å². The highest BCUT2D eigenvalue weighted by Gasteiger charge is 2.12. The van der Waals surface area contributed by atoms with E-state index in [0.717, 1.165) is 11.3 Å². The number of benzene rings is 2. The molecule has 0 radical (unpaired) electrons. The third kappa shape index (κ3) is 4.40. The van der Waals surface area contributed by atoms with Crippen molar-refractivity contribution >= 4 is 18.4 Å². The van der Waals surface area contributed by atoms with Crippen LogP contribution in [0.4, 0.5) is 0 Å². The summed E-state index contributed by atoms with van der Waals surface area (Å²) in [5, 5.41) is 11.6. The zero-order valence-electron chi connectivity index (χ0n) is 16.6. The Hall–Kier alpha value is -3.33. The van der Waals surface area contributed by atoms with Crippen LogP contribution >= 0.6 is 12.2 Å². The van der Waals surface area contributed by atoms with Gasteiger partial charge in [0.1, 0.15) is 11.5 Å². The zero-order chi connectivity index (χ0) is 20.8. The minimum Gasteiger partial charge on any atom is -0.496 e. The van der Waals surface area contributed by atoms with Gasteiger partial charge in [-0.2, -0.15) is 14.9 Å². The number of hydrogen-bond acceptors (Lipinski definition) is 7. The van der Waals surface area contributed by atoms with Crippen molar-refractivity contribution in [2.24, 2.45) is 5.10 Å². The summed E-state index contributed by atoms with van der Waals surface area (Å²) in [7, 11) is 4.72. The minimum absolute atomic E-state index is 0.365. The van der Waals surface area contributed by atoms with Gasteiger partial charge in [-0.15, -0.1) is 0 Å². The van der Waals surface area contributed by atoms with Crippen molar-refractivity contribution < 1.29 is 18.9 Å². The number of H-pyrrole nitrogens is 1. The minimum atomic E-state index is 0.365. The van der Waals surface area contributed by atoms with Gasteiger partial charge >= 0.3 is 0 Å². The monoisotopic (exact) mass is 414 g/mol. The summed E-state index contributed by atoms with van der Waals surface area (Å²) in [4.78, 5) is 0. The first kappa shape index (κ1) is 20.4. The van der Waals surface area contributed by atoms with Gasteiger partial charge in [0.25, 0.3) is 0 Å². The summed E-state index contributed by atoms with van der Waals surface area (Å²) >= 11 is 5.34. The number of hydrogen-bond donors (Lipinski definition) is 1. The zero-order valence-corrected chi connectivity index (χ0v) is 17.4. The molecule has 0 unspecified atom stereocenters. The average molecular weight is 414 g/mol. The molecule has 9 heteroatoms. The topological polar surface area (TPSA) is 82.9 Å². The van der Waals surface area contributed by atoms with Gasteiger partial charge in [-0.25, -0.2) is 5.10 Å². The molecule has 0 atom stereocenters. The molecular formula is C20H22N4O4S. The number of aromatic nitrogens is 3. The maximum Gasteiger partial charge on any atom is 0.216 e. The Morgan fingerprint density at radius 3 is 2.31 bits per heavy atom. The summed E-state index contributed by atoms with van der Waals surface area (Å²) in [5.41, 5.74) is 1.54. The number of ether oxygens (including phenoxy) is 4. The molecule has 0 saturated heterocycles. The van der Waals surface area contributed by atoms with Crippen LogP contribution in [-0.4, -0.2) is 49.0 Å². The second-order valence-corrected chi connectivity index (χ2v) is 6.20. The summed E-state index contributed by atoms with van der Waals surface area (Å²) in [6, 6.07) is 11.1. The van der Waals surface area contributed by atoms with Gasteiger partial charge in [-0.05, 0) is 49.5 Å². The predicted molar refractivity (Wildman–Crippen MR) is 113 cm³/mol. The van der Waals surface area contributed by atoms with E-state index in [0.29, 0.717) is 40.0 Å². The third-order valence-corrected chi connectivity index (χ3v) is 4.39. The summed E-state index contributed by atoms with van der Waals surface area (Å²) in [6.45, 7) is 2.55. The van der Waals surface area contributed by atoms with Gasteiger partial charge in [-0.3, -0.25) is 0 Å². The van der Waals surface area contributed by atoms with Gasteiger partial charge in [0.05, 0.1) is 34.2 Å². The van der Waals surface area contributed by atoms with Crippen LogP contribution in [0.25, 0.3) is 11.4 Å². The average Bonchev–Trinajstić information content (AvgIpc) is 3.12. The second kappa shape index (κ2) is 9.24. The largest absolute Gasteiger partial charge is 0.496 e. The highest BCUT2D eigenvalue weighted by molar-refractivity contribution is 7.71. The Labute approximate surface area is 173 Å². The molecule has 0 aliphatic heterocycles. The van der Waals surface area contributed by atoms with Gasteiger partial charge in [0, 0.05) is 17.2 Å². The van der Waals surface area contributed by atoms with E-state index < -0.39 is 0 Å². The van der Waals surface area contributed by atoms with E-state index in [1.807, 2.05) is 31.2 Å². The highest BCUT2D eigenvalue weighted by Crippen LogP contribution is 2.33. The molecule has 0 aliphatic rings. The normalized spacial score (nSPS) is 10.9. The lowest BCUT2D eigenvalue weighted by atomic mass is 10.2. The first-order chi connectivity index (χ1) is 14.1. The van der Waals surface area contributed by atoms with Crippen molar-refractivity contribution in [2.75, 3.05) is 27.9 Å². The molecule has 2 aromatic carbocycles. The lowest BCUT2D eigenvalue weighted by Crippen LogP contribution is -1.99. The second-order valence-electron chi connectivity index (χ2n) is 5.82. The molecule has 0 bridgehead atoms. The first-order valence-corrected chi connectivity index (χ1v) is 9.27. The van der Waals surface area contributed by atoms with Gasteiger partial charge in [0.15, 0.2) is 17.3 Å². The number of rotatable bonds is 8. The molecule has 8 nitrogen and oxygen atoms in total. The van der Waals surface area contributed by atoms with E-state index in [9.17, 15) is 0 Å². The maximum absolute atomic E-state index is 5.48. The van der Waals surface area contributed by atoms with Gasteiger partial charge < -0.3 is 18.9 Å². The highest BCUT2D eigenvalue weighted by atomic mass is 32.1. The fraction of sp³-hybridized carbons (Fsp3) is 0.250. The van der Waals surface area contributed by atoms with Crippen LogP contribution in [-0.2, 0) is 0 Å². The molecule has 3 rings (SSSR count). The Balaban J connectivity index is 1.98. The van der Waals surface area contributed by atoms with Crippen LogP contribution in [0.2, 0.25) is 0 Å². The summed E-state index contributed by atoms with van der Waals surface area (Å²) in [6.07, 6.45) is 1.63. The lowest BCUT2D eigenvalue weighted by Gasteiger charge is -2.11. The van der Waals surface area contributed by atoms with E-state index in [1.165, 1.54) is 0 Å². The fourth-order valence-corrected chi connectivity index (χ4v) is 2.91. The smallest absolute Gasteiger partial charge is 0.216 e. The molecule has 0 fully saturated rings. The van der Waals surface area contributed by atoms with E-state index in [4.69, 9.17) is 31.2 Å². The van der Waals surface area contributed by atoms with Gasteiger partial charge in [0.2, 0.25) is 4.77 Å². The number of methoxy groups -OCH3 is 3. The van der Waals surface area contributed by atoms with Gasteiger partial charge in [-0.1, -0.05) is 0 Å². The molecule has 29 heavy (non-hydrogen) atoms. The molecule has 0 amide bonds. The standard InChI is InChI=1S/C20H22N4O4S/c1-5-28-15-8-6-13(7-9-15)19-22-23-20(29)24(19)21-12-14-10-17(26-3)18(27-4)11-16(14)25-2/h6-12H,5H2,1-4H3,(H,23,29). The van der Waals surface area contributed by atoms with E-state index in [-0.39, 0.29) is 0 Å². The molecule has 3 aromatic rings. The molecule has 0 aliphatic carbocycles. The predicted octanol–water partition coefficient (Wildman–Crippen LogP) is 3.91. The molecule has 1 heterocycles. The number of nitrogens with zero attached hydrogens (tertiary/aromatic N) is 3. The van der Waals surface area contributed by atoms with Crippen LogP contribution in [0.5, 0.6) is 23.0 Å². The molecular weight excluding hydrogens is 392 g/mol. The number of aromatic amines is 1. The van der Waals surface area contributed by atoms with E-state index in [1.54, 1.807) is 44.4 Å². The van der Waals surface area contributed by atoms with E-state index >= 15 is 0 Å². The molecule has 0 spiro atoms. The SMILES string of the molecule is CCOc1ccc(-c2n[nH]c(=S)n2N=Cc2cc(OC)c(OC)cc2OC)cc1. The van der Waals surface area contributed by atoms with Crippen LogP contribution in [0.3, 0.4) is 0 Å². The van der Waals surface area contributed by atoms with Crippen molar-refractivity contribution in [1.29, 1.82) is 0 Å². The van der Waals surface area contributed by atoms with Crippen molar-refractivity contribution in [3.05, 3.63) is 46.7 Å². The quantitative estimate of drug-likeness (QED) is 0.444. The van der Waals surface area contributed by atoms with Crippen molar-refractivity contribution in [2.45, 2.75) is 6.92 Å². The molecule has 0 saturated carbocycles. The van der Waals surface area contributed by atoms with Crippen molar-refractivity contribution in [1.82, 2.24) is 14.9 Å². The first-order valence-electron chi connectivity index (χ1n) is 8.86. The summed E-state index contributed by atoms with van der Waals surface area (Å²) in [5.74, 6) is 3.09. The molecule has 1 N–H and O–H groups in total. The van der Waals surface area contributed by atoms with Crippen LogP contribution in [0.15, 0.2) is 41.5 Å². The fourth-order valence-electron chi connectivity index (χ4n) is 2.73. The van der Waals surface area contributed by atoms with Crippen LogP contribution < -0.4 is 18.9 Å². The summed E-state index contributed by atoms with van der Waals surface area (Å²) < 4.78 is 23.5. The van der Waals surface area contributed by atoms with Crippen LogP contribution in [0, 0.1) is 4.77 Å². The Morgan fingerprint density at radius 1 is 1.03 bits per heavy atom.